The molecule has 2 rings (SSSR count). The maximum Gasteiger partial charge on any atom is 0.214 e. The van der Waals surface area contributed by atoms with Crippen molar-refractivity contribution in [3.63, 3.8) is 0 Å². The number of rotatable bonds is 7. The Morgan fingerprint density at radius 1 is 1.30 bits per heavy atom. The minimum absolute atomic E-state index is 0.107. The predicted octanol–water partition coefficient (Wildman–Crippen LogP) is 3.33. The van der Waals surface area contributed by atoms with Crippen molar-refractivity contribution in [3.05, 3.63) is 46.5 Å². The van der Waals surface area contributed by atoms with E-state index in [0.717, 1.165) is 10.4 Å². The van der Waals surface area contributed by atoms with Crippen molar-refractivity contribution in [2.24, 2.45) is 5.92 Å². The molecule has 2 heterocycles. The van der Waals surface area contributed by atoms with E-state index in [9.17, 15) is 8.42 Å². The lowest BCUT2D eigenvalue weighted by molar-refractivity contribution is 0.398. The van der Waals surface area contributed by atoms with E-state index in [1.807, 2.05) is 31.4 Å². The fourth-order valence-electron chi connectivity index (χ4n) is 1.94. The Morgan fingerprint density at radius 2 is 2.10 bits per heavy atom. The Labute approximate surface area is 124 Å². The van der Waals surface area contributed by atoms with Gasteiger partial charge in [-0.05, 0) is 23.4 Å². The van der Waals surface area contributed by atoms with Gasteiger partial charge in [-0.15, -0.1) is 11.3 Å². The Morgan fingerprint density at radius 3 is 2.65 bits per heavy atom. The Hall–Kier alpha value is -1.11. The summed E-state index contributed by atoms with van der Waals surface area (Å²) in [6, 6.07) is 5.69. The van der Waals surface area contributed by atoms with Crippen LogP contribution >= 0.6 is 11.3 Å². The number of furan rings is 1. The molecule has 0 aliphatic carbocycles. The average Bonchev–Trinajstić information content (AvgIpc) is 2.98. The number of sulfonamides is 1. The third kappa shape index (κ3) is 4.19. The second kappa shape index (κ2) is 6.56. The van der Waals surface area contributed by atoms with Crippen molar-refractivity contribution in [3.8, 4) is 0 Å². The second-order valence-electron chi connectivity index (χ2n) is 5.15. The lowest BCUT2D eigenvalue weighted by atomic mass is 10.3. The molecule has 0 spiro atoms. The zero-order valence-corrected chi connectivity index (χ0v) is 13.3. The number of hydrogen-bond donors (Lipinski definition) is 0. The van der Waals surface area contributed by atoms with Crippen LogP contribution in [-0.2, 0) is 23.1 Å². The molecule has 4 nitrogen and oxygen atoms in total. The first-order chi connectivity index (χ1) is 9.47. The number of nitrogens with zero attached hydrogens (tertiary/aromatic N) is 1. The number of thiophene rings is 1. The van der Waals surface area contributed by atoms with Gasteiger partial charge < -0.3 is 4.42 Å². The molecule has 2 aromatic rings. The summed E-state index contributed by atoms with van der Waals surface area (Å²) in [4.78, 5) is 1.04. The lowest BCUT2D eigenvalue weighted by Gasteiger charge is -2.22. The van der Waals surface area contributed by atoms with Gasteiger partial charge in [0.25, 0.3) is 0 Å². The van der Waals surface area contributed by atoms with E-state index in [2.05, 4.69) is 0 Å². The van der Waals surface area contributed by atoms with Crippen molar-refractivity contribution in [1.29, 1.82) is 0 Å². The van der Waals surface area contributed by atoms with Gasteiger partial charge in [0.05, 0.1) is 18.3 Å². The predicted molar refractivity (Wildman–Crippen MR) is 80.9 cm³/mol. The molecule has 0 amide bonds. The van der Waals surface area contributed by atoms with Crippen LogP contribution in [-0.4, -0.2) is 18.5 Å². The first-order valence-electron chi connectivity index (χ1n) is 6.48. The van der Waals surface area contributed by atoms with E-state index in [1.165, 1.54) is 4.31 Å². The molecule has 0 aliphatic rings. The first-order valence-corrected chi connectivity index (χ1v) is 8.97. The van der Waals surface area contributed by atoms with Gasteiger partial charge in [0.1, 0.15) is 0 Å². The largest absolute Gasteiger partial charge is 0.472 e. The van der Waals surface area contributed by atoms with E-state index in [4.69, 9.17) is 4.42 Å². The second-order valence-corrected chi connectivity index (χ2v) is 8.20. The molecular weight excluding hydrogens is 294 g/mol. The standard InChI is InChI=1S/C14H19NO3S2/c1-12(2)11-20(16,17)15(8-13-5-6-18-10-13)9-14-4-3-7-19-14/h3-7,10,12H,8-9,11H2,1-2H3. The van der Waals surface area contributed by atoms with Crippen molar-refractivity contribution < 1.29 is 12.8 Å². The maximum absolute atomic E-state index is 12.5. The quantitative estimate of drug-likeness (QED) is 0.788. The smallest absolute Gasteiger partial charge is 0.214 e. The molecule has 0 fully saturated rings. The van der Waals surface area contributed by atoms with E-state index >= 15 is 0 Å². The molecule has 0 N–H and O–H groups in total. The molecule has 0 bridgehead atoms. The average molecular weight is 313 g/mol. The van der Waals surface area contributed by atoms with Crippen LogP contribution in [0.5, 0.6) is 0 Å². The van der Waals surface area contributed by atoms with Crippen LogP contribution in [0.1, 0.15) is 24.3 Å². The molecule has 0 atom stereocenters. The molecule has 0 saturated heterocycles. The Balaban J connectivity index is 2.19. The minimum Gasteiger partial charge on any atom is -0.472 e. The van der Waals surface area contributed by atoms with Gasteiger partial charge in [-0.1, -0.05) is 19.9 Å². The van der Waals surface area contributed by atoms with Crippen molar-refractivity contribution >= 4 is 21.4 Å². The molecule has 0 aromatic carbocycles. The first kappa shape index (κ1) is 15.3. The molecule has 0 radical (unpaired) electrons. The summed E-state index contributed by atoms with van der Waals surface area (Å²) in [5.74, 6) is 0.270. The SMILES string of the molecule is CC(C)CS(=O)(=O)N(Cc1ccoc1)Cc1cccs1. The van der Waals surface area contributed by atoms with Gasteiger partial charge in [-0.3, -0.25) is 0 Å². The lowest BCUT2D eigenvalue weighted by Crippen LogP contribution is -2.33. The van der Waals surface area contributed by atoms with Crippen LogP contribution in [0, 0.1) is 5.92 Å². The summed E-state index contributed by atoms with van der Waals surface area (Å²) in [7, 11) is -3.28. The van der Waals surface area contributed by atoms with Crippen LogP contribution in [0.4, 0.5) is 0 Å². The Kier molecular flexibility index (Phi) is 5.01. The van der Waals surface area contributed by atoms with Crippen LogP contribution in [0.25, 0.3) is 0 Å². The van der Waals surface area contributed by atoms with E-state index in [1.54, 1.807) is 29.9 Å². The zero-order chi connectivity index (χ0) is 14.6. The molecule has 0 aliphatic heterocycles. The topological polar surface area (TPSA) is 50.5 Å². The van der Waals surface area contributed by atoms with Gasteiger partial charge in [-0.25, -0.2) is 8.42 Å². The molecule has 20 heavy (non-hydrogen) atoms. The van der Waals surface area contributed by atoms with Crippen molar-refractivity contribution in [2.75, 3.05) is 5.75 Å². The van der Waals surface area contributed by atoms with Gasteiger partial charge in [0.15, 0.2) is 0 Å². The third-order valence-corrected chi connectivity index (χ3v) is 5.78. The van der Waals surface area contributed by atoms with E-state index in [-0.39, 0.29) is 11.7 Å². The Bertz CT molecular complexity index is 565. The normalized spacial score (nSPS) is 12.4. The summed E-state index contributed by atoms with van der Waals surface area (Å²) in [5, 5.41) is 1.96. The monoisotopic (exact) mass is 313 g/mol. The number of hydrogen-bond acceptors (Lipinski definition) is 4. The fourth-order valence-corrected chi connectivity index (χ4v) is 4.48. The van der Waals surface area contributed by atoms with E-state index < -0.39 is 10.0 Å². The molecule has 0 unspecified atom stereocenters. The summed E-state index contributed by atoms with van der Waals surface area (Å²) in [6.45, 7) is 4.60. The highest BCUT2D eigenvalue weighted by atomic mass is 32.2. The summed E-state index contributed by atoms with van der Waals surface area (Å²) in [5.41, 5.74) is 0.869. The van der Waals surface area contributed by atoms with Gasteiger partial charge in [0.2, 0.25) is 10.0 Å². The van der Waals surface area contributed by atoms with Crippen molar-refractivity contribution in [1.82, 2.24) is 4.31 Å². The third-order valence-electron chi connectivity index (χ3n) is 2.79. The van der Waals surface area contributed by atoms with Crippen LogP contribution in [0.2, 0.25) is 0 Å². The van der Waals surface area contributed by atoms with Crippen LogP contribution in [0.3, 0.4) is 0 Å². The summed E-state index contributed by atoms with van der Waals surface area (Å²) >= 11 is 1.57. The van der Waals surface area contributed by atoms with Crippen LogP contribution < -0.4 is 0 Å². The summed E-state index contributed by atoms with van der Waals surface area (Å²) < 4.78 is 31.5. The summed E-state index contributed by atoms with van der Waals surface area (Å²) in [6.07, 6.45) is 3.15. The van der Waals surface area contributed by atoms with Gasteiger partial charge in [-0.2, -0.15) is 4.31 Å². The molecular formula is C14H19NO3S2. The zero-order valence-electron chi connectivity index (χ0n) is 11.7. The highest BCUT2D eigenvalue weighted by molar-refractivity contribution is 7.89. The highest BCUT2D eigenvalue weighted by Gasteiger charge is 2.24. The van der Waals surface area contributed by atoms with Gasteiger partial charge >= 0.3 is 0 Å². The molecule has 6 heteroatoms. The minimum atomic E-state index is -3.28. The highest BCUT2D eigenvalue weighted by Crippen LogP contribution is 2.19. The molecule has 2 aromatic heterocycles. The fraction of sp³-hybridized carbons (Fsp3) is 0.429. The molecule has 110 valence electrons. The molecule has 0 saturated carbocycles. The van der Waals surface area contributed by atoms with Crippen molar-refractivity contribution in [2.45, 2.75) is 26.9 Å². The van der Waals surface area contributed by atoms with E-state index in [0.29, 0.717) is 13.1 Å². The van der Waals surface area contributed by atoms with Crippen LogP contribution in [0.15, 0.2) is 40.5 Å². The maximum atomic E-state index is 12.5. The van der Waals surface area contributed by atoms with Gasteiger partial charge in [0, 0.05) is 23.5 Å².